The Kier molecular flexibility index (Phi) is 5.39. The molecule has 1 heterocycles. The van der Waals surface area contributed by atoms with Crippen molar-refractivity contribution in [1.82, 2.24) is 9.78 Å². The minimum atomic E-state index is -3.70. The molecule has 0 aliphatic heterocycles. The number of hydrogen-bond acceptors (Lipinski definition) is 5. The van der Waals surface area contributed by atoms with Gasteiger partial charge in [0.1, 0.15) is 0 Å². The average molecular weight is 398 g/mol. The molecular formula is C19H18N4O4S. The molecule has 0 fully saturated rings. The SMILES string of the molecule is Cc1cc(=O)c(C(=O)Nc2cccc(CS(N)(=O)=O)c2)nn1-c1ccccc1. The van der Waals surface area contributed by atoms with Gasteiger partial charge in [0, 0.05) is 17.4 Å². The summed E-state index contributed by atoms with van der Waals surface area (Å²) in [6, 6.07) is 16.7. The second-order valence-corrected chi connectivity index (χ2v) is 7.82. The zero-order valence-corrected chi connectivity index (χ0v) is 15.8. The Labute approximate surface area is 161 Å². The third-order valence-electron chi connectivity index (χ3n) is 3.88. The van der Waals surface area contributed by atoms with E-state index in [1.54, 1.807) is 25.1 Å². The Morgan fingerprint density at radius 1 is 1.11 bits per heavy atom. The molecule has 0 unspecified atom stereocenters. The van der Waals surface area contributed by atoms with E-state index < -0.39 is 21.4 Å². The number of sulfonamides is 1. The van der Waals surface area contributed by atoms with Crippen molar-refractivity contribution in [2.24, 2.45) is 5.14 Å². The van der Waals surface area contributed by atoms with Gasteiger partial charge >= 0.3 is 0 Å². The van der Waals surface area contributed by atoms with Gasteiger partial charge in [0.05, 0.1) is 11.4 Å². The number of aromatic nitrogens is 2. The van der Waals surface area contributed by atoms with Gasteiger partial charge < -0.3 is 5.32 Å². The van der Waals surface area contributed by atoms with Crippen molar-refractivity contribution in [2.75, 3.05) is 5.32 Å². The molecule has 0 radical (unpaired) electrons. The van der Waals surface area contributed by atoms with Gasteiger partial charge in [-0.25, -0.2) is 18.2 Å². The molecule has 28 heavy (non-hydrogen) atoms. The normalized spacial score (nSPS) is 11.2. The molecular weight excluding hydrogens is 380 g/mol. The summed E-state index contributed by atoms with van der Waals surface area (Å²) >= 11 is 0. The van der Waals surface area contributed by atoms with Gasteiger partial charge in [-0.3, -0.25) is 9.59 Å². The molecule has 0 bridgehead atoms. The summed E-state index contributed by atoms with van der Waals surface area (Å²) in [4.78, 5) is 24.9. The molecule has 0 spiro atoms. The van der Waals surface area contributed by atoms with Crippen molar-refractivity contribution in [2.45, 2.75) is 12.7 Å². The zero-order valence-electron chi connectivity index (χ0n) is 15.0. The molecule has 0 atom stereocenters. The molecule has 9 heteroatoms. The Balaban J connectivity index is 1.91. The maximum Gasteiger partial charge on any atom is 0.280 e. The summed E-state index contributed by atoms with van der Waals surface area (Å²) in [7, 11) is -3.70. The standard InChI is InChI=1S/C19H18N4O4S/c1-13-10-17(24)18(22-23(13)16-8-3-2-4-9-16)19(25)21-15-7-5-6-14(11-15)12-28(20,26)27/h2-11H,12H2,1H3,(H,21,25)(H2,20,26,27). The highest BCUT2D eigenvalue weighted by molar-refractivity contribution is 7.88. The fraction of sp³-hybridized carbons (Fsp3) is 0.105. The number of benzene rings is 2. The quantitative estimate of drug-likeness (QED) is 0.675. The molecule has 3 rings (SSSR count). The van der Waals surface area contributed by atoms with Gasteiger partial charge in [0.15, 0.2) is 5.69 Å². The number of nitrogens with zero attached hydrogens (tertiary/aromatic N) is 2. The largest absolute Gasteiger partial charge is 0.320 e. The topological polar surface area (TPSA) is 124 Å². The van der Waals surface area contributed by atoms with Crippen molar-refractivity contribution in [1.29, 1.82) is 0 Å². The monoisotopic (exact) mass is 398 g/mol. The molecule has 1 aromatic heterocycles. The third-order valence-corrected chi connectivity index (χ3v) is 4.61. The van der Waals surface area contributed by atoms with Gasteiger partial charge in [-0.1, -0.05) is 30.3 Å². The molecule has 8 nitrogen and oxygen atoms in total. The maximum absolute atomic E-state index is 12.6. The molecule has 0 aliphatic rings. The Morgan fingerprint density at radius 3 is 2.50 bits per heavy atom. The lowest BCUT2D eigenvalue weighted by Crippen LogP contribution is -2.27. The first-order valence-corrected chi connectivity index (χ1v) is 10.0. The summed E-state index contributed by atoms with van der Waals surface area (Å²) in [5.74, 6) is -1.05. The van der Waals surface area contributed by atoms with Crippen molar-refractivity contribution < 1.29 is 13.2 Å². The maximum atomic E-state index is 12.6. The molecule has 0 saturated carbocycles. The molecule has 3 N–H and O–H groups in total. The average Bonchev–Trinajstić information content (AvgIpc) is 2.61. The van der Waals surface area contributed by atoms with E-state index in [4.69, 9.17) is 5.14 Å². The van der Waals surface area contributed by atoms with Crippen LogP contribution in [0.1, 0.15) is 21.7 Å². The molecule has 0 saturated heterocycles. The van der Waals surface area contributed by atoms with E-state index in [1.807, 2.05) is 30.3 Å². The van der Waals surface area contributed by atoms with Crippen LogP contribution in [-0.4, -0.2) is 24.1 Å². The number of anilines is 1. The van der Waals surface area contributed by atoms with Crippen LogP contribution in [0.4, 0.5) is 5.69 Å². The van der Waals surface area contributed by atoms with Crippen LogP contribution in [-0.2, 0) is 15.8 Å². The first kappa shape index (κ1) is 19.5. The second kappa shape index (κ2) is 7.75. The molecule has 3 aromatic rings. The number of hydrogen-bond donors (Lipinski definition) is 2. The lowest BCUT2D eigenvalue weighted by atomic mass is 10.2. The highest BCUT2D eigenvalue weighted by Gasteiger charge is 2.16. The van der Waals surface area contributed by atoms with Gasteiger partial charge in [-0.15, -0.1) is 0 Å². The van der Waals surface area contributed by atoms with Crippen LogP contribution < -0.4 is 15.9 Å². The van der Waals surface area contributed by atoms with Crippen molar-refractivity contribution in [3.8, 4) is 5.69 Å². The van der Waals surface area contributed by atoms with Crippen molar-refractivity contribution in [3.63, 3.8) is 0 Å². The van der Waals surface area contributed by atoms with Crippen LogP contribution in [0.3, 0.4) is 0 Å². The number of carbonyl (C=O) groups excluding carboxylic acids is 1. The lowest BCUT2D eigenvalue weighted by Gasteiger charge is -2.11. The molecule has 1 amide bonds. The van der Waals surface area contributed by atoms with Gasteiger partial charge in [-0.2, -0.15) is 5.10 Å². The summed E-state index contributed by atoms with van der Waals surface area (Å²) in [6.07, 6.45) is 0. The molecule has 2 aromatic carbocycles. The minimum absolute atomic E-state index is 0.272. The van der Waals surface area contributed by atoms with E-state index in [0.717, 1.165) is 0 Å². The van der Waals surface area contributed by atoms with Gasteiger partial charge in [0.2, 0.25) is 15.5 Å². The number of carbonyl (C=O) groups is 1. The smallest absolute Gasteiger partial charge is 0.280 e. The van der Waals surface area contributed by atoms with Crippen LogP contribution in [0, 0.1) is 6.92 Å². The number of aryl methyl sites for hydroxylation is 1. The summed E-state index contributed by atoms with van der Waals surface area (Å²) < 4.78 is 24.0. The number of nitrogens with two attached hydrogens (primary N) is 1. The lowest BCUT2D eigenvalue weighted by molar-refractivity contribution is 0.101. The van der Waals surface area contributed by atoms with Crippen molar-refractivity contribution in [3.05, 3.63) is 87.8 Å². The third kappa shape index (κ3) is 4.70. The fourth-order valence-electron chi connectivity index (χ4n) is 2.70. The first-order chi connectivity index (χ1) is 13.2. The summed E-state index contributed by atoms with van der Waals surface area (Å²) in [5, 5.41) is 11.8. The van der Waals surface area contributed by atoms with E-state index in [0.29, 0.717) is 22.6 Å². The summed E-state index contributed by atoms with van der Waals surface area (Å²) in [6.45, 7) is 1.72. The number of para-hydroxylation sites is 1. The number of nitrogens with one attached hydrogen (secondary N) is 1. The molecule has 0 aliphatic carbocycles. The van der Waals surface area contributed by atoms with E-state index >= 15 is 0 Å². The Hall–Kier alpha value is -3.30. The predicted octanol–water partition coefficient (Wildman–Crippen LogP) is 1.58. The first-order valence-electron chi connectivity index (χ1n) is 8.30. The Morgan fingerprint density at radius 2 is 1.82 bits per heavy atom. The van der Waals surface area contributed by atoms with E-state index in [2.05, 4.69) is 10.4 Å². The van der Waals surface area contributed by atoms with E-state index in [1.165, 1.54) is 16.8 Å². The van der Waals surface area contributed by atoms with Crippen LogP contribution >= 0.6 is 0 Å². The Bertz CT molecular complexity index is 1190. The van der Waals surface area contributed by atoms with Crippen LogP contribution in [0.25, 0.3) is 5.69 Å². The highest BCUT2D eigenvalue weighted by atomic mass is 32.2. The predicted molar refractivity (Wildman–Crippen MR) is 106 cm³/mol. The molecule has 144 valence electrons. The van der Waals surface area contributed by atoms with Crippen LogP contribution in [0.5, 0.6) is 0 Å². The number of primary sulfonamides is 1. The van der Waals surface area contributed by atoms with Crippen molar-refractivity contribution >= 4 is 21.6 Å². The van der Waals surface area contributed by atoms with Crippen LogP contribution in [0.15, 0.2) is 65.5 Å². The number of rotatable bonds is 5. The number of amides is 1. The second-order valence-electron chi connectivity index (χ2n) is 6.21. The van der Waals surface area contributed by atoms with E-state index in [9.17, 15) is 18.0 Å². The van der Waals surface area contributed by atoms with Gasteiger partial charge in [0.25, 0.3) is 5.91 Å². The zero-order chi connectivity index (χ0) is 20.3. The summed E-state index contributed by atoms with van der Waals surface area (Å²) in [5.41, 5.74) is 1.26. The fourth-order valence-corrected chi connectivity index (χ4v) is 3.34. The van der Waals surface area contributed by atoms with E-state index in [-0.39, 0.29) is 11.4 Å². The highest BCUT2D eigenvalue weighted by Crippen LogP contribution is 2.14. The van der Waals surface area contributed by atoms with Crippen LogP contribution in [0.2, 0.25) is 0 Å². The van der Waals surface area contributed by atoms with Gasteiger partial charge in [-0.05, 0) is 36.8 Å². The minimum Gasteiger partial charge on any atom is -0.320 e.